The molecule has 0 aliphatic heterocycles. The molecule has 1 N–H and O–H groups in total. The van der Waals surface area contributed by atoms with Crippen LogP contribution in [-0.4, -0.2) is 18.6 Å². The van der Waals surface area contributed by atoms with Crippen molar-refractivity contribution in [2.75, 3.05) is 13.7 Å². The van der Waals surface area contributed by atoms with Crippen LogP contribution in [0.5, 0.6) is 5.75 Å². The van der Waals surface area contributed by atoms with Gasteiger partial charge in [-0.3, -0.25) is 4.98 Å². The van der Waals surface area contributed by atoms with Crippen molar-refractivity contribution in [1.29, 1.82) is 0 Å². The maximum Gasteiger partial charge on any atom is 0.138 e. The molecule has 0 fully saturated rings. The average Bonchev–Trinajstić information content (AvgIpc) is 2.46. The van der Waals surface area contributed by atoms with Crippen LogP contribution < -0.4 is 10.1 Å². The summed E-state index contributed by atoms with van der Waals surface area (Å²) < 4.78 is 5.62. The van der Waals surface area contributed by atoms with Gasteiger partial charge in [-0.25, -0.2) is 0 Å². The zero-order valence-electron chi connectivity index (χ0n) is 11.5. The first kappa shape index (κ1) is 13.6. The third-order valence-corrected chi connectivity index (χ3v) is 2.83. The molecule has 3 nitrogen and oxygen atoms in total. The number of nitrogens with zero attached hydrogens (tertiary/aromatic N) is 1. The maximum atomic E-state index is 5.62. The predicted molar refractivity (Wildman–Crippen MR) is 78.2 cm³/mol. The van der Waals surface area contributed by atoms with Gasteiger partial charge in [0.2, 0.25) is 0 Å². The van der Waals surface area contributed by atoms with Gasteiger partial charge in [-0.15, -0.1) is 0 Å². The molecule has 3 heteroatoms. The van der Waals surface area contributed by atoms with Gasteiger partial charge in [0.25, 0.3) is 0 Å². The molecule has 2 rings (SSSR count). The lowest BCUT2D eigenvalue weighted by atomic mass is 10.0. The summed E-state index contributed by atoms with van der Waals surface area (Å²) in [6.07, 6.45) is 4.63. The van der Waals surface area contributed by atoms with Crippen LogP contribution in [0.4, 0.5) is 0 Å². The van der Waals surface area contributed by atoms with Gasteiger partial charge in [-0.1, -0.05) is 25.1 Å². The van der Waals surface area contributed by atoms with Crippen molar-refractivity contribution in [1.82, 2.24) is 10.3 Å². The highest BCUT2D eigenvalue weighted by molar-refractivity contribution is 5.64. The Morgan fingerprint density at radius 2 is 2.05 bits per heavy atom. The van der Waals surface area contributed by atoms with Crippen LogP contribution in [0.2, 0.25) is 0 Å². The molecule has 0 unspecified atom stereocenters. The lowest BCUT2D eigenvalue weighted by molar-refractivity contribution is 0.316. The minimum Gasteiger partial charge on any atom is -0.492 e. The molecule has 0 aliphatic rings. The number of hydrogen-bond donors (Lipinski definition) is 1. The topological polar surface area (TPSA) is 34.1 Å². The zero-order chi connectivity index (χ0) is 13.5. The van der Waals surface area contributed by atoms with E-state index in [0.29, 0.717) is 0 Å². The van der Waals surface area contributed by atoms with Crippen molar-refractivity contribution < 1.29 is 4.74 Å². The van der Waals surface area contributed by atoms with Gasteiger partial charge in [-0.05, 0) is 36.7 Å². The minimum atomic E-state index is 0.727. The predicted octanol–water partition coefficient (Wildman–Crippen LogP) is 3.26. The van der Waals surface area contributed by atoms with Crippen molar-refractivity contribution >= 4 is 0 Å². The van der Waals surface area contributed by atoms with Crippen LogP contribution in [-0.2, 0) is 6.54 Å². The number of aromatic nitrogens is 1. The molecule has 0 saturated heterocycles. The van der Waals surface area contributed by atoms with Crippen molar-refractivity contribution in [2.24, 2.45) is 0 Å². The molecule has 0 aliphatic carbocycles. The van der Waals surface area contributed by atoms with E-state index in [1.165, 1.54) is 11.1 Å². The number of benzene rings is 1. The Balaban J connectivity index is 2.23. The molecule has 0 amide bonds. The molecular formula is C16H20N2O. The molecule has 100 valence electrons. The monoisotopic (exact) mass is 256 g/mol. The number of nitrogens with one attached hydrogen (secondary N) is 1. The van der Waals surface area contributed by atoms with Crippen molar-refractivity contribution in [3.63, 3.8) is 0 Å². The second kappa shape index (κ2) is 6.90. The first-order valence-corrected chi connectivity index (χ1v) is 6.65. The van der Waals surface area contributed by atoms with Gasteiger partial charge < -0.3 is 10.1 Å². The van der Waals surface area contributed by atoms with Gasteiger partial charge >= 0.3 is 0 Å². The molecule has 1 heterocycles. The lowest BCUT2D eigenvalue weighted by Crippen LogP contribution is -2.04. The summed E-state index contributed by atoms with van der Waals surface area (Å²) in [5, 5.41) is 3.16. The van der Waals surface area contributed by atoms with Gasteiger partial charge in [0.15, 0.2) is 0 Å². The summed E-state index contributed by atoms with van der Waals surface area (Å²) >= 11 is 0. The number of ether oxygens (including phenoxy) is 1. The molecule has 0 saturated carbocycles. The number of hydrogen-bond acceptors (Lipinski definition) is 3. The highest BCUT2D eigenvalue weighted by Crippen LogP contribution is 2.23. The summed E-state index contributed by atoms with van der Waals surface area (Å²) in [6, 6.07) is 10.5. The van der Waals surface area contributed by atoms with Crippen LogP contribution in [0.3, 0.4) is 0 Å². The Kier molecular flexibility index (Phi) is 4.93. The molecule has 19 heavy (non-hydrogen) atoms. The molecule has 2 aromatic rings. The lowest BCUT2D eigenvalue weighted by Gasteiger charge is -2.08. The van der Waals surface area contributed by atoms with Crippen molar-refractivity contribution in [3.05, 3.63) is 48.3 Å². The molecule has 0 atom stereocenters. The van der Waals surface area contributed by atoms with E-state index in [-0.39, 0.29) is 0 Å². The molecule has 1 aromatic carbocycles. The molecule has 0 radical (unpaired) electrons. The van der Waals surface area contributed by atoms with E-state index < -0.39 is 0 Å². The second-order valence-electron chi connectivity index (χ2n) is 4.49. The van der Waals surface area contributed by atoms with Gasteiger partial charge in [0, 0.05) is 18.3 Å². The third-order valence-electron chi connectivity index (χ3n) is 2.83. The van der Waals surface area contributed by atoms with Crippen LogP contribution in [0.25, 0.3) is 11.1 Å². The SMILES string of the molecule is CCCOc1cncc(-c2cccc(CNC)c2)c1. The van der Waals surface area contributed by atoms with Crippen LogP contribution in [0.15, 0.2) is 42.7 Å². The van der Waals surface area contributed by atoms with Crippen LogP contribution in [0, 0.1) is 0 Å². The summed E-state index contributed by atoms with van der Waals surface area (Å²) in [4.78, 5) is 4.25. The Hall–Kier alpha value is -1.87. The second-order valence-corrected chi connectivity index (χ2v) is 4.49. The summed E-state index contributed by atoms with van der Waals surface area (Å²) in [7, 11) is 1.95. The quantitative estimate of drug-likeness (QED) is 0.861. The fourth-order valence-corrected chi connectivity index (χ4v) is 1.94. The van der Waals surface area contributed by atoms with Crippen LogP contribution in [0.1, 0.15) is 18.9 Å². The molecular weight excluding hydrogens is 236 g/mol. The number of rotatable bonds is 6. The Bertz CT molecular complexity index is 526. The molecule has 0 spiro atoms. The van der Waals surface area contributed by atoms with Gasteiger partial charge in [-0.2, -0.15) is 0 Å². The number of pyridine rings is 1. The van der Waals surface area contributed by atoms with E-state index in [4.69, 9.17) is 4.74 Å². The molecule has 0 bridgehead atoms. The van der Waals surface area contributed by atoms with E-state index in [9.17, 15) is 0 Å². The van der Waals surface area contributed by atoms with Crippen molar-refractivity contribution in [3.8, 4) is 16.9 Å². The van der Waals surface area contributed by atoms with E-state index >= 15 is 0 Å². The van der Waals surface area contributed by atoms with Crippen LogP contribution >= 0.6 is 0 Å². The standard InChI is InChI=1S/C16H20N2O/c1-3-7-19-16-9-15(11-18-12-16)14-6-4-5-13(8-14)10-17-2/h4-6,8-9,11-12,17H,3,7,10H2,1-2H3. The first-order valence-electron chi connectivity index (χ1n) is 6.65. The Labute approximate surface area is 114 Å². The first-order chi connectivity index (χ1) is 9.33. The summed E-state index contributed by atoms with van der Waals surface area (Å²) in [6.45, 7) is 3.69. The fourth-order valence-electron chi connectivity index (χ4n) is 1.94. The van der Waals surface area contributed by atoms with E-state index in [1.807, 2.05) is 19.3 Å². The molecule has 1 aromatic heterocycles. The normalized spacial score (nSPS) is 10.4. The third kappa shape index (κ3) is 3.80. The van der Waals surface area contributed by atoms with Crippen molar-refractivity contribution in [2.45, 2.75) is 19.9 Å². The minimum absolute atomic E-state index is 0.727. The Morgan fingerprint density at radius 1 is 1.16 bits per heavy atom. The average molecular weight is 256 g/mol. The zero-order valence-corrected chi connectivity index (χ0v) is 11.5. The fraction of sp³-hybridized carbons (Fsp3) is 0.312. The highest BCUT2D eigenvalue weighted by Gasteiger charge is 2.02. The smallest absolute Gasteiger partial charge is 0.138 e. The van der Waals surface area contributed by atoms with Gasteiger partial charge in [0.05, 0.1) is 12.8 Å². The largest absolute Gasteiger partial charge is 0.492 e. The Morgan fingerprint density at radius 3 is 2.84 bits per heavy atom. The van der Waals surface area contributed by atoms with Gasteiger partial charge in [0.1, 0.15) is 5.75 Å². The maximum absolute atomic E-state index is 5.62. The van der Waals surface area contributed by atoms with E-state index in [1.54, 1.807) is 6.20 Å². The highest BCUT2D eigenvalue weighted by atomic mass is 16.5. The van der Waals surface area contributed by atoms with E-state index in [0.717, 1.165) is 30.9 Å². The summed E-state index contributed by atoms with van der Waals surface area (Å²) in [5.74, 6) is 0.832. The summed E-state index contributed by atoms with van der Waals surface area (Å²) in [5.41, 5.74) is 3.52. The van der Waals surface area contributed by atoms with E-state index in [2.05, 4.69) is 41.5 Å².